The first kappa shape index (κ1) is 36.1. The minimum absolute atomic E-state index is 0.0610. The minimum atomic E-state index is -0.0610. The van der Waals surface area contributed by atoms with Crippen molar-refractivity contribution in [1.29, 1.82) is 0 Å². The van der Waals surface area contributed by atoms with Crippen molar-refractivity contribution in [2.75, 3.05) is 4.90 Å². The summed E-state index contributed by atoms with van der Waals surface area (Å²) in [6, 6.07) is 85.5. The predicted octanol–water partition coefficient (Wildman–Crippen LogP) is 16.4. The van der Waals surface area contributed by atoms with Crippen molar-refractivity contribution >= 4 is 87.2 Å². The van der Waals surface area contributed by atoms with E-state index in [9.17, 15) is 0 Å². The lowest BCUT2D eigenvalue weighted by Gasteiger charge is -2.39. The molecule has 1 aliphatic rings. The van der Waals surface area contributed by atoms with Crippen LogP contribution in [0.25, 0.3) is 98.3 Å². The molecule has 1 atom stereocenters. The summed E-state index contributed by atoms with van der Waals surface area (Å²) < 4.78 is 5.05. The molecule has 14 rings (SSSR count). The number of aromatic nitrogens is 2. The van der Waals surface area contributed by atoms with E-state index in [1.807, 2.05) is 0 Å². The monoisotopic (exact) mass is 827 g/mol. The summed E-state index contributed by atoms with van der Waals surface area (Å²) in [5, 5.41) is 13.9. The molecule has 0 aliphatic heterocycles. The van der Waals surface area contributed by atoms with Gasteiger partial charge in [-0.15, -0.1) is 0 Å². The summed E-state index contributed by atoms with van der Waals surface area (Å²) in [5.74, 6) is 0. The highest BCUT2D eigenvalue weighted by Crippen LogP contribution is 2.53. The molecule has 0 N–H and O–H groups in total. The van der Waals surface area contributed by atoms with Crippen LogP contribution in [0.1, 0.15) is 17.3 Å². The molecule has 11 aromatic carbocycles. The largest absolute Gasteiger partial charge is 0.333 e. The zero-order chi connectivity index (χ0) is 42.6. The van der Waals surface area contributed by atoms with E-state index in [1.54, 1.807) is 0 Å². The van der Waals surface area contributed by atoms with Gasteiger partial charge >= 0.3 is 0 Å². The van der Waals surface area contributed by atoms with Crippen LogP contribution in [0.5, 0.6) is 0 Å². The maximum absolute atomic E-state index is 2.69. The summed E-state index contributed by atoms with van der Waals surface area (Å²) >= 11 is 0. The summed E-state index contributed by atoms with van der Waals surface area (Å²) in [7, 11) is 0. The normalized spacial score (nSPS) is 13.6. The molecule has 0 radical (unpaired) electrons. The van der Waals surface area contributed by atoms with Gasteiger partial charge in [-0.1, -0.05) is 176 Å². The molecule has 3 heteroatoms. The van der Waals surface area contributed by atoms with Crippen molar-refractivity contribution < 1.29 is 0 Å². The molecule has 0 spiro atoms. The molecule has 3 nitrogen and oxygen atoms in total. The molecule has 1 unspecified atom stereocenters. The summed E-state index contributed by atoms with van der Waals surface area (Å²) in [4.78, 5) is 2.69. The van der Waals surface area contributed by atoms with Crippen molar-refractivity contribution in [3.8, 4) is 22.5 Å². The lowest BCUT2D eigenvalue weighted by Crippen LogP contribution is -2.29. The second kappa shape index (κ2) is 14.1. The predicted molar refractivity (Wildman–Crippen MR) is 275 cm³/mol. The smallest absolute Gasteiger partial charge is 0.0652 e. The van der Waals surface area contributed by atoms with E-state index < -0.39 is 0 Å². The fourth-order valence-electron chi connectivity index (χ4n) is 11.5. The van der Waals surface area contributed by atoms with Crippen molar-refractivity contribution in [3.63, 3.8) is 0 Å². The Morgan fingerprint density at radius 2 is 0.892 bits per heavy atom. The third-order valence-corrected chi connectivity index (χ3v) is 14.2. The maximum atomic E-state index is 2.69. The average molecular weight is 828 g/mol. The van der Waals surface area contributed by atoms with Crippen LogP contribution >= 0.6 is 0 Å². The minimum Gasteiger partial charge on any atom is -0.333 e. The molecule has 304 valence electrons. The summed E-state index contributed by atoms with van der Waals surface area (Å²) in [6.45, 7) is 0. The number of benzene rings is 11. The van der Waals surface area contributed by atoms with Gasteiger partial charge < -0.3 is 14.0 Å². The molecule has 0 amide bonds. The topological polar surface area (TPSA) is 13.1 Å². The summed E-state index contributed by atoms with van der Waals surface area (Å²) in [6.07, 6.45) is 0.787. The van der Waals surface area contributed by atoms with Crippen LogP contribution in [0.15, 0.2) is 231 Å². The highest BCUT2D eigenvalue weighted by molar-refractivity contribution is 6.30. The van der Waals surface area contributed by atoms with E-state index >= 15 is 0 Å². The standard InChI is InChI=1S/C62H41N3/c1-3-21-44(22-4-1)63-53-35-32-41-18-9-11-25-47(41)59(53)61-51-29-15-13-27-49(51)55(38-57(61)63)65(46-34-31-40-17-7-8-20-43(40)37-46)56-39-58-62(52-30-16-14-28-50(52)56)60-48-26-12-10-19-42(48)33-36-54(60)64(58)45-23-5-2-6-24-45/h1-38,56H,39H2. The van der Waals surface area contributed by atoms with Gasteiger partial charge in [-0.05, 0) is 103 Å². The first-order valence-electron chi connectivity index (χ1n) is 22.7. The highest BCUT2D eigenvalue weighted by atomic mass is 15.2. The van der Waals surface area contributed by atoms with Crippen molar-refractivity contribution in [2.24, 2.45) is 0 Å². The first-order valence-corrected chi connectivity index (χ1v) is 22.7. The van der Waals surface area contributed by atoms with Gasteiger partial charge in [0.1, 0.15) is 0 Å². The van der Waals surface area contributed by atoms with Crippen LogP contribution < -0.4 is 4.90 Å². The van der Waals surface area contributed by atoms with Crippen LogP contribution in [0.4, 0.5) is 11.4 Å². The Morgan fingerprint density at radius 1 is 0.369 bits per heavy atom. The molecule has 1 aliphatic carbocycles. The molecule has 0 fully saturated rings. The molecule has 0 saturated carbocycles. The van der Waals surface area contributed by atoms with Crippen molar-refractivity contribution in [1.82, 2.24) is 9.13 Å². The van der Waals surface area contributed by atoms with Crippen molar-refractivity contribution in [2.45, 2.75) is 12.5 Å². The van der Waals surface area contributed by atoms with Gasteiger partial charge in [0.05, 0.1) is 28.3 Å². The fraction of sp³-hybridized carbons (Fsp3) is 0.0323. The SMILES string of the molecule is c1ccc(-n2c3c(c4c5ccccc5ccc42)-c2ccccc2C(N(c2ccc4ccccc4c2)c2cc4c(c5ccccc25)c2c5ccccc5ccc2n4-c2ccccc2)C3)cc1. The van der Waals surface area contributed by atoms with Crippen LogP contribution in [-0.2, 0) is 6.42 Å². The van der Waals surface area contributed by atoms with Crippen LogP contribution in [0.3, 0.4) is 0 Å². The number of hydrogen-bond acceptors (Lipinski definition) is 1. The number of anilines is 2. The Morgan fingerprint density at radius 3 is 1.62 bits per heavy atom. The van der Waals surface area contributed by atoms with E-state index in [0.29, 0.717) is 0 Å². The third kappa shape index (κ3) is 5.30. The van der Waals surface area contributed by atoms with Gasteiger partial charge in [0, 0.05) is 56.3 Å². The molecule has 65 heavy (non-hydrogen) atoms. The van der Waals surface area contributed by atoms with Gasteiger partial charge in [-0.3, -0.25) is 0 Å². The van der Waals surface area contributed by atoms with E-state index in [2.05, 4.69) is 245 Å². The van der Waals surface area contributed by atoms with E-state index in [1.165, 1.54) is 110 Å². The second-order valence-corrected chi connectivity index (χ2v) is 17.6. The lowest BCUT2D eigenvalue weighted by atomic mass is 9.82. The Kier molecular flexibility index (Phi) is 7.81. The van der Waals surface area contributed by atoms with E-state index in [0.717, 1.165) is 17.8 Å². The molecular weight excluding hydrogens is 787 g/mol. The van der Waals surface area contributed by atoms with Gasteiger partial charge in [0.15, 0.2) is 0 Å². The molecule has 0 bridgehead atoms. The molecule has 2 aromatic heterocycles. The number of nitrogens with zero attached hydrogens (tertiary/aromatic N) is 3. The van der Waals surface area contributed by atoms with Crippen molar-refractivity contribution in [3.05, 3.63) is 242 Å². The third-order valence-electron chi connectivity index (χ3n) is 14.2. The van der Waals surface area contributed by atoms with Crippen LogP contribution in [0, 0.1) is 0 Å². The number of fused-ring (bicyclic) bond motifs is 15. The van der Waals surface area contributed by atoms with Crippen LogP contribution in [0.2, 0.25) is 0 Å². The second-order valence-electron chi connectivity index (χ2n) is 17.6. The molecular formula is C62H41N3. The Balaban J connectivity index is 1.12. The summed E-state index contributed by atoms with van der Waals surface area (Å²) in [5.41, 5.74) is 13.6. The van der Waals surface area contributed by atoms with Gasteiger partial charge in [0.2, 0.25) is 0 Å². The quantitative estimate of drug-likeness (QED) is 0.168. The maximum Gasteiger partial charge on any atom is 0.0652 e. The van der Waals surface area contributed by atoms with Crippen LogP contribution in [-0.4, -0.2) is 9.13 Å². The Hall–Kier alpha value is -8.40. The Bertz CT molecular complexity index is 4040. The number of rotatable bonds is 5. The zero-order valence-corrected chi connectivity index (χ0v) is 35.6. The Labute approximate surface area is 376 Å². The highest BCUT2D eigenvalue weighted by Gasteiger charge is 2.36. The molecule has 13 aromatic rings. The average Bonchev–Trinajstić information content (AvgIpc) is 3.90. The van der Waals surface area contributed by atoms with E-state index in [-0.39, 0.29) is 6.04 Å². The van der Waals surface area contributed by atoms with Gasteiger partial charge in [-0.2, -0.15) is 0 Å². The van der Waals surface area contributed by atoms with Gasteiger partial charge in [0.25, 0.3) is 0 Å². The fourth-order valence-corrected chi connectivity index (χ4v) is 11.5. The zero-order valence-electron chi connectivity index (χ0n) is 35.6. The van der Waals surface area contributed by atoms with E-state index in [4.69, 9.17) is 0 Å². The number of hydrogen-bond donors (Lipinski definition) is 0. The number of para-hydroxylation sites is 2. The molecule has 0 saturated heterocycles. The van der Waals surface area contributed by atoms with Gasteiger partial charge in [-0.25, -0.2) is 0 Å². The molecule has 2 heterocycles. The first-order chi connectivity index (χ1) is 32.3. The lowest BCUT2D eigenvalue weighted by molar-refractivity contribution is 0.667.